The summed E-state index contributed by atoms with van der Waals surface area (Å²) in [6.07, 6.45) is 2.11. The van der Waals surface area contributed by atoms with E-state index in [9.17, 15) is 14.7 Å². The lowest BCUT2D eigenvalue weighted by atomic mass is 9.90. The first-order valence-electron chi connectivity index (χ1n) is 6.60. The summed E-state index contributed by atoms with van der Waals surface area (Å²) < 4.78 is 10.4. The van der Waals surface area contributed by atoms with E-state index >= 15 is 0 Å². The van der Waals surface area contributed by atoms with E-state index in [1.165, 1.54) is 0 Å². The van der Waals surface area contributed by atoms with Crippen LogP contribution in [-0.4, -0.2) is 55.1 Å². The molecule has 3 N–H and O–H groups in total. The molecule has 2 heterocycles. The van der Waals surface area contributed by atoms with Gasteiger partial charge in [-0.1, -0.05) is 0 Å². The van der Waals surface area contributed by atoms with Crippen molar-refractivity contribution in [2.45, 2.75) is 37.3 Å². The van der Waals surface area contributed by atoms with E-state index in [1.807, 2.05) is 0 Å². The molecule has 19 heavy (non-hydrogen) atoms. The quantitative estimate of drug-likeness (QED) is 0.677. The van der Waals surface area contributed by atoms with Gasteiger partial charge in [-0.15, -0.1) is 0 Å². The third-order valence-electron chi connectivity index (χ3n) is 3.67. The summed E-state index contributed by atoms with van der Waals surface area (Å²) in [4.78, 5) is 23.3. The molecule has 0 aromatic carbocycles. The number of urea groups is 1. The molecule has 2 saturated heterocycles. The van der Waals surface area contributed by atoms with Gasteiger partial charge in [-0.3, -0.25) is 0 Å². The zero-order valence-corrected chi connectivity index (χ0v) is 10.8. The van der Waals surface area contributed by atoms with Crippen molar-refractivity contribution in [1.29, 1.82) is 0 Å². The van der Waals surface area contributed by atoms with Gasteiger partial charge < -0.3 is 25.2 Å². The van der Waals surface area contributed by atoms with E-state index in [0.29, 0.717) is 39.3 Å². The highest BCUT2D eigenvalue weighted by Crippen LogP contribution is 2.21. The maximum absolute atomic E-state index is 11.9. The van der Waals surface area contributed by atoms with E-state index in [2.05, 4.69) is 10.6 Å². The van der Waals surface area contributed by atoms with Gasteiger partial charge in [0.15, 0.2) is 0 Å². The zero-order chi connectivity index (χ0) is 13.7. The van der Waals surface area contributed by atoms with Gasteiger partial charge >= 0.3 is 12.0 Å². The van der Waals surface area contributed by atoms with Gasteiger partial charge in [0.1, 0.15) is 5.54 Å². The molecule has 7 nitrogen and oxygen atoms in total. The number of carboxylic acid groups (broad SMARTS) is 1. The Kier molecular flexibility index (Phi) is 4.60. The second-order valence-corrected chi connectivity index (χ2v) is 4.98. The van der Waals surface area contributed by atoms with Crippen LogP contribution in [0.25, 0.3) is 0 Å². The predicted octanol–water partition coefficient (Wildman–Crippen LogP) is 0.0984. The van der Waals surface area contributed by atoms with Crippen LogP contribution in [0.2, 0.25) is 0 Å². The molecule has 0 aliphatic carbocycles. The number of carbonyl (C=O) groups is 2. The summed E-state index contributed by atoms with van der Waals surface area (Å²) in [5, 5.41) is 14.7. The smallest absolute Gasteiger partial charge is 0.329 e. The highest BCUT2D eigenvalue weighted by atomic mass is 16.5. The number of carbonyl (C=O) groups excluding carboxylic acids is 1. The minimum atomic E-state index is -1.20. The number of amides is 2. The van der Waals surface area contributed by atoms with E-state index in [0.717, 1.165) is 12.8 Å². The SMILES string of the molecule is O=C(NC1CCOCC1)NC1(C(=O)O)CCOCC1. The monoisotopic (exact) mass is 272 g/mol. The Bertz CT molecular complexity index is 335. The van der Waals surface area contributed by atoms with Gasteiger partial charge in [-0.2, -0.15) is 0 Å². The number of hydrogen-bond donors (Lipinski definition) is 3. The first kappa shape index (κ1) is 14.1. The first-order valence-corrected chi connectivity index (χ1v) is 6.60. The maximum atomic E-state index is 11.9. The Morgan fingerprint density at radius 3 is 2.21 bits per heavy atom. The number of carboxylic acids is 1. The summed E-state index contributed by atoms with van der Waals surface area (Å²) in [6.45, 7) is 1.96. The van der Waals surface area contributed by atoms with Crippen LogP contribution in [0.5, 0.6) is 0 Å². The minimum Gasteiger partial charge on any atom is -0.480 e. The summed E-state index contributed by atoms with van der Waals surface area (Å²) >= 11 is 0. The van der Waals surface area contributed by atoms with Crippen molar-refractivity contribution in [3.8, 4) is 0 Å². The highest BCUT2D eigenvalue weighted by molar-refractivity contribution is 5.86. The molecule has 0 aromatic rings. The topological polar surface area (TPSA) is 96.9 Å². The lowest BCUT2D eigenvalue weighted by Gasteiger charge is -2.34. The Morgan fingerprint density at radius 2 is 1.63 bits per heavy atom. The second-order valence-electron chi connectivity index (χ2n) is 4.98. The van der Waals surface area contributed by atoms with Crippen molar-refractivity contribution in [3.63, 3.8) is 0 Å². The number of rotatable bonds is 3. The Morgan fingerprint density at radius 1 is 1.05 bits per heavy atom. The minimum absolute atomic E-state index is 0.0550. The summed E-state index contributed by atoms with van der Waals surface area (Å²) in [5.41, 5.74) is -1.20. The predicted molar refractivity (Wildman–Crippen MR) is 65.9 cm³/mol. The molecule has 2 amide bonds. The molecule has 2 fully saturated rings. The van der Waals surface area contributed by atoms with Gasteiger partial charge in [0.25, 0.3) is 0 Å². The van der Waals surface area contributed by atoms with Crippen molar-refractivity contribution in [1.82, 2.24) is 10.6 Å². The van der Waals surface area contributed by atoms with Crippen LogP contribution in [0.1, 0.15) is 25.7 Å². The highest BCUT2D eigenvalue weighted by Gasteiger charge is 2.41. The average Bonchev–Trinajstić information content (AvgIpc) is 2.40. The molecule has 2 aliphatic heterocycles. The molecule has 0 unspecified atom stereocenters. The molecule has 0 aromatic heterocycles. The molecule has 7 heteroatoms. The van der Waals surface area contributed by atoms with Crippen LogP contribution < -0.4 is 10.6 Å². The summed E-state index contributed by atoms with van der Waals surface area (Å²) in [7, 11) is 0. The summed E-state index contributed by atoms with van der Waals surface area (Å²) in [5.74, 6) is -1.00. The number of hydrogen-bond acceptors (Lipinski definition) is 4. The standard InChI is InChI=1S/C12H20N2O5/c15-10(16)12(3-7-19-8-4-12)14-11(17)13-9-1-5-18-6-2-9/h9H,1-8H2,(H,15,16)(H2,13,14,17). The van der Waals surface area contributed by atoms with Crippen LogP contribution in [0.15, 0.2) is 0 Å². The molecule has 0 atom stereocenters. The zero-order valence-electron chi connectivity index (χ0n) is 10.8. The lowest BCUT2D eigenvalue weighted by Crippen LogP contribution is -2.60. The number of ether oxygens (including phenoxy) is 2. The molecule has 2 rings (SSSR count). The first-order chi connectivity index (χ1) is 9.12. The van der Waals surface area contributed by atoms with Crippen molar-refractivity contribution in [3.05, 3.63) is 0 Å². The summed E-state index contributed by atoms with van der Waals surface area (Å²) in [6, 6.07) is -0.365. The molecule has 0 radical (unpaired) electrons. The van der Waals surface area contributed by atoms with Crippen LogP contribution in [-0.2, 0) is 14.3 Å². The third-order valence-corrected chi connectivity index (χ3v) is 3.67. The molecular formula is C12H20N2O5. The maximum Gasteiger partial charge on any atom is 0.329 e. The number of nitrogens with one attached hydrogen (secondary N) is 2. The van der Waals surface area contributed by atoms with Crippen LogP contribution in [0, 0.1) is 0 Å². The van der Waals surface area contributed by atoms with Crippen LogP contribution in [0.3, 0.4) is 0 Å². The van der Waals surface area contributed by atoms with Gasteiger partial charge in [-0.25, -0.2) is 9.59 Å². The van der Waals surface area contributed by atoms with E-state index in [1.54, 1.807) is 0 Å². The van der Waals surface area contributed by atoms with Gasteiger partial charge in [0.2, 0.25) is 0 Å². The van der Waals surface area contributed by atoms with E-state index in [4.69, 9.17) is 9.47 Å². The molecule has 108 valence electrons. The van der Waals surface area contributed by atoms with Crippen molar-refractivity contribution < 1.29 is 24.2 Å². The molecule has 2 aliphatic rings. The number of aliphatic carboxylic acids is 1. The fourth-order valence-electron chi connectivity index (χ4n) is 2.39. The van der Waals surface area contributed by atoms with Crippen molar-refractivity contribution in [2.24, 2.45) is 0 Å². The molecular weight excluding hydrogens is 252 g/mol. The average molecular weight is 272 g/mol. The van der Waals surface area contributed by atoms with E-state index in [-0.39, 0.29) is 6.04 Å². The fraction of sp³-hybridized carbons (Fsp3) is 0.833. The van der Waals surface area contributed by atoms with Crippen molar-refractivity contribution in [2.75, 3.05) is 26.4 Å². The van der Waals surface area contributed by atoms with Gasteiger partial charge in [0, 0.05) is 45.3 Å². The molecule has 0 spiro atoms. The second kappa shape index (κ2) is 6.21. The lowest BCUT2D eigenvalue weighted by molar-refractivity contribution is -0.148. The molecule has 0 bridgehead atoms. The van der Waals surface area contributed by atoms with E-state index < -0.39 is 17.5 Å². The Hall–Kier alpha value is -1.34. The third kappa shape index (κ3) is 3.57. The van der Waals surface area contributed by atoms with Gasteiger partial charge in [0.05, 0.1) is 0 Å². The van der Waals surface area contributed by atoms with Gasteiger partial charge in [-0.05, 0) is 12.8 Å². The van der Waals surface area contributed by atoms with Crippen molar-refractivity contribution >= 4 is 12.0 Å². The largest absolute Gasteiger partial charge is 0.480 e. The molecule has 0 saturated carbocycles. The fourth-order valence-corrected chi connectivity index (χ4v) is 2.39. The van der Waals surface area contributed by atoms with Crippen LogP contribution >= 0.6 is 0 Å². The Labute approximate surface area is 111 Å². The normalized spacial score (nSPS) is 23.6. The Balaban J connectivity index is 1.89. The van der Waals surface area contributed by atoms with Crippen LogP contribution in [0.4, 0.5) is 4.79 Å².